The van der Waals surface area contributed by atoms with Gasteiger partial charge in [0.1, 0.15) is 23.2 Å². The zero-order chi connectivity index (χ0) is 12.8. The molecule has 0 spiro atoms. The molecule has 0 bridgehead atoms. The van der Waals surface area contributed by atoms with E-state index in [0.29, 0.717) is 12.4 Å². The van der Waals surface area contributed by atoms with Gasteiger partial charge in [0.25, 0.3) is 0 Å². The summed E-state index contributed by atoms with van der Waals surface area (Å²) in [5, 5.41) is 8.85. The molecule has 0 saturated carbocycles. The van der Waals surface area contributed by atoms with Crippen molar-refractivity contribution in [2.75, 3.05) is 6.61 Å². The maximum absolute atomic E-state index is 13.3. The molecule has 0 fully saturated rings. The van der Waals surface area contributed by atoms with Crippen LogP contribution in [0.15, 0.2) is 48.5 Å². The zero-order valence-electron chi connectivity index (χ0n) is 9.77. The van der Waals surface area contributed by atoms with Gasteiger partial charge in [-0.2, -0.15) is 5.26 Å². The second-order valence-electron chi connectivity index (χ2n) is 3.81. The first kappa shape index (κ1) is 12.1. The average molecular weight is 241 g/mol. The SMILES string of the molecule is N#Cc1c(F)cccc1OCCc1ccccc1. The van der Waals surface area contributed by atoms with Crippen molar-refractivity contribution in [1.29, 1.82) is 5.26 Å². The molecular weight excluding hydrogens is 229 g/mol. The molecule has 0 atom stereocenters. The van der Waals surface area contributed by atoms with E-state index in [2.05, 4.69) is 0 Å². The van der Waals surface area contributed by atoms with Gasteiger partial charge >= 0.3 is 0 Å². The van der Waals surface area contributed by atoms with Crippen LogP contribution in [-0.4, -0.2) is 6.61 Å². The molecule has 0 aliphatic heterocycles. The van der Waals surface area contributed by atoms with Gasteiger partial charge in [0.2, 0.25) is 0 Å². The lowest BCUT2D eigenvalue weighted by Gasteiger charge is -2.08. The highest BCUT2D eigenvalue weighted by Crippen LogP contribution is 2.20. The first-order chi connectivity index (χ1) is 8.81. The van der Waals surface area contributed by atoms with Crippen LogP contribution in [0.3, 0.4) is 0 Å². The predicted molar refractivity (Wildman–Crippen MR) is 66.8 cm³/mol. The first-order valence-corrected chi connectivity index (χ1v) is 5.66. The second-order valence-corrected chi connectivity index (χ2v) is 3.81. The minimum Gasteiger partial charge on any atom is -0.492 e. The third kappa shape index (κ3) is 2.86. The number of benzene rings is 2. The Balaban J connectivity index is 1.99. The molecule has 0 aliphatic rings. The minimum absolute atomic E-state index is 0.0365. The number of nitriles is 1. The molecule has 2 rings (SSSR count). The van der Waals surface area contributed by atoms with Gasteiger partial charge in [-0.1, -0.05) is 36.4 Å². The van der Waals surface area contributed by atoms with Crippen LogP contribution in [0.4, 0.5) is 4.39 Å². The lowest BCUT2D eigenvalue weighted by molar-refractivity contribution is 0.319. The molecule has 2 nitrogen and oxygen atoms in total. The topological polar surface area (TPSA) is 33.0 Å². The van der Waals surface area contributed by atoms with E-state index >= 15 is 0 Å². The Morgan fingerprint density at radius 2 is 1.83 bits per heavy atom. The van der Waals surface area contributed by atoms with Gasteiger partial charge in [-0.15, -0.1) is 0 Å². The van der Waals surface area contributed by atoms with Crippen molar-refractivity contribution in [3.8, 4) is 11.8 Å². The maximum atomic E-state index is 13.3. The molecule has 0 unspecified atom stereocenters. The maximum Gasteiger partial charge on any atom is 0.144 e. The van der Waals surface area contributed by atoms with Crippen LogP contribution in [0.25, 0.3) is 0 Å². The van der Waals surface area contributed by atoms with Crippen molar-refractivity contribution in [3.63, 3.8) is 0 Å². The molecule has 18 heavy (non-hydrogen) atoms. The van der Waals surface area contributed by atoms with Crippen LogP contribution in [0.5, 0.6) is 5.75 Å². The molecule has 0 aliphatic carbocycles. The van der Waals surface area contributed by atoms with E-state index in [4.69, 9.17) is 10.00 Å². The summed E-state index contributed by atoms with van der Waals surface area (Å²) in [7, 11) is 0. The van der Waals surface area contributed by atoms with Crippen LogP contribution in [0.1, 0.15) is 11.1 Å². The van der Waals surface area contributed by atoms with E-state index < -0.39 is 5.82 Å². The van der Waals surface area contributed by atoms with Gasteiger partial charge in [0, 0.05) is 6.42 Å². The summed E-state index contributed by atoms with van der Waals surface area (Å²) >= 11 is 0. The highest BCUT2D eigenvalue weighted by atomic mass is 19.1. The van der Waals surface area contributed by atoms with E-state index in [-0.39, 0.29) is 5.56 Å². The molecule has 0 saturated heterocycles. The van der Waals surface area contributed by atoms with Gasteiger partial charge in [-0.3, -0.25) is 0 Å². The highest BCUT2D eigenvalue weighted by molar-refractivity contribution is 5.43. The van der Waals surface area contributed by atoms with E-state index in [1.165, 1.54) is 12.1 Å². The van der Waals surface area contributed by atoms with Crippen LogP contribution < -0.4 is 4.74 Å². The summed E-state index contributed by atoms with van der Waals surface area (Å²) in [6.45, 7) is 0.419. The summed E-state index contributed by atoms with van der Waals surface area (Å²) in [5.41, 5.74) is 1.11. The average Bonchev–Trinajstić information content (AvgIpc) is 2.40. The summed E-state index contributed by atoms with van der Waals surface area (Å²) in [5.74, 6) is -0.247. The van der Waals surface area contributed by atoms with Gasteiger partial charge in [-0.05, 0) is 17.7 Å². The highest BCUT2D eigenvalue weighted by Gasteiger charge is 2.08. The number of hydrogen-bond donors (Lipinski definition) is 0. The Bertz CT molecular complexity index is 560. The van der Waals surface area contributed by atoms with Gasteiger partial charge < -0.3 is 4.74 Å². The van der Waals surface area contributed by atoms with Crippen molar-refractivity contribution in [2.45, 2.75) is 6.42 Å². The number of halogens is 1. The number of ether oxygens (including phenoxy) is 1. The monoisotopic (exact) mass is 241 g/mol. The molecule has 0 N–H and O–H groups in total. The molecule has 3 heteroatoms. The number of rotatable bonds is 4. The molecule has 0 amide bonds. The van der Waals surface area contributed by atoms with E-state index in [0.717, 1.165) is 12.0 Å². The molecule has 0 radical (unpaired) electrons. The second kappa shape index (κ2) is 5.83. The Labute approximate surface area is 105 Å². The molecule has 0 heterocycles. The number of hydrogen-bond acceptors (Lipinski definition) is 2. The van der Waals surface area contributed by atoms with Crippen LogP contribution in [0, 0.1) is 17.1 Å². The summed E-state index contributed by atoms with van der Waals surface area (Å²) < 4.78 is 18.7. The molecule has 0 aromatic heterocycles. The number of nitrogens with zero attached hydrogens (tertiary/aromatic N) is 1. The van der Waals surface area contributed by atoms with Crippen molar-refractivity contribution < 1.29 is 9.13 Å². The molecule has 90 valence electrons. The van der Waals surface area contributed by atoms with Crippen LogP contribution in [0.2, 0.25) is 0 Å². The summed E-state index contributed by atoms with van der Waals surface area (Å²) in [6, 6.07) is 16.1. The van der Waals surface area contributed by atoms with Gasteiger partial charge in [-0.25, -0.2) is 4.39 Å². The summed E-state index contributed by atoms with van der Waals surface area (Å²) in [6.07, 6.45) is 0.724. The fourth-order valence-corrected chi connectivity index (χ4v) is 1.66. The summed E-state index contributed by atoms with van der Waals surface area (Å²) in [4.78, 5) is 0. The Kier molecular flexibility index (Phi) is 3.93. The normalized spacial score (nSPS) is 9.78. The quantitative estimate of drug-likeness (QED) is 0.822. The van der Waals surface area contributed by atoms with E-state index in [1.54, 1.807) is 6.07 Å². The van der Waals surface area contributed by atoms with E-state index in [9.17, 15) is 4.39 Å². The van der Waals surface area contributed by atoms with Gasteiger partial charge in [0.15, 0.2) is 0 Å². The molecular formula is C15H12FNO. The first-order valence-electron chi connectivity index (χ1n) is 5.66. The minimum atomic E-state index is -0.547. The fourth-order valence-electron chi connectivity index (χ4n) is 1.66. The Morgan fingerprint density at radius 3 is 2.56 bits per heavy atom. The van der Waals surface area contributed by atoms with Crippen LogP contribution in [-0.2, 0) is 6.42 Å². The Hall–Kier alpha value is -2.34. The van der Waals surface area contributed by atoms with Crippen LogP contribution >= 0.6 is 0 Å². The van der Waals surface area contributed by atoms with E-state index in [1.807, 2.05) is 36.4 Å². The zero-order valence-corrected chi connectivity index (χ0v) is 9.77. The van der Waals surface area contributed by atoms with Gasteiger partial charge in [0.05, 0.1) is 6.61 Å². The third-order valence-corrected chi connectivity index (χ3v) is 2.58. The third-order valence-electron chi connectivity index (χ3n) is 2.58. The fraction of sp³-hybridized carbons (Fsp3) is 0.133. The smallest absolute Gasteiger partial charge is 0.144 e. The van der Waals surface area contributed by atoms with Crippen molar-refractivity contribution in [2.24, 2.45) is 0 Å². The standard InChI is InChI=1S/C15H12FNO/c16-14-7-4-8-15(13(14)11-17)18-10-9-12-5-2-1-3-6-12/h1-8H,9-10H2. The molecule has 2 aromatic carbocycles. The Morgan fingerprint density at radius 1 is 1.06 bits per heavy atom. The predicted octanol–water partition coefficient (Wildman–Crippen LogP) is 3.32. The van der Waals surface area contributed by atoms with Crippen molar-refractivity contribution >= 4 is 0 Å². The van der Waals surface area contributed by atoms with Crippen molar-refractivity contribution in [1.82, 2.24) is 0 Å². The molecule has 2 aromatic rings. The lowest BCUT2D eigenvalue weighted by atomic mass is 10.1. The lowest BCUT2D eigenvalue weighted by Crippen LogP contribution is -2.03. The largest absolute Gasteiger partial charge is 0.492 e. The van der Waals surface area contributed by atoms with Crippen molar-refractivity contribution in [3.05, 3.63) is 65.5 Å².